The fraction of sp³-hybridized carbons (Fsp3) is 1.00. The van der Waals surface area contributed by atoms with E-state index in [1.807, 2.05) is 0 Å². The number of rotatable bonds is 4. The van der Waals surface area contributed by atoms with E-state index in [4.69, 9.17) is 0 Å². The minimum atomic E-state index is 0.704. The zero-order chi connectivity index (χ0) is 9.03. The van der Waals surface area contributed by atoms with Crippen LogP contribution in [0.4, 0.5) is 0 Å². The van der Waals surface area contributed by atoms with Crippen molar-refractivity contribution in [3.05, 3.63) is 0 Å². The van der Waals surface area contributed by atoms with Gasteiger partial charge in [0, 0.05) is 0 Å². The lowest BCUT2D eigenvalue weighted by atomic mass is 9.77. The Labute approximate surface area is 77.7 Å². The summed E-state index contributed by atoms with van der Waals surface area (Å²) in [5, 5.41) is 0. The molecule has 0 saturated heterocycles. The van der Waals surface area contributed by atoms with E-state index in [1.54, 1.807) is 0 Å². The molecule has 2 unspecified atom stereocenters. The van der Waals surface area contributed by atoms with Crippen LogP contribution in [0.1, 0.15) is 65.7 Å². The Hall–Kier alpha value is 0. The standard InChI is InChI=1S/C12H24/c1-4-5-6-9-12(3)10-7-8-11(12)2/h11H,4-10H2,1-3H3. The van der Waals surface area contributed by atoms with Gasteiger partial charge in [-0.15, -0.1) is 0 Å². The summed E-state index contributed by atoms with van der Waals surface area (Å²) in [4.78, 5) is 0. The van der Waals surface area contributed by atoms with E-state index in [1.165, 1.54) is 44.9 Å². The molecule has 0 aromatic rings. The summed E-state index contributed by atoms with van der Waals surface area (Å²) in [7, 11) is 0. The highest BCUT2D eigenvalue weighted by Gasteiger charge is 2.34. The van der Waals surface area contributed by atoms with Crippen molar-refractivity contribution < 1.29 is 0 Å². The quantitative estimate of drug-likeness (QED) is 0.546. The maximum atomic E-state index is 2.50. The molecule has 72 valence electrons. The first-order valence-corrected chi connectivity index (χ1v) is 5.69. The lowest BCUT2D eigenvalue weighted by molar-refractivity contribution is 0.218. The van der Waals surface area contributed by atoms with Gasteiger partial charge >= 0.3 is 0 Å². The van der Waals surface area contributed by atoms with Gasteiger partial charge in [0.05, 0.1) is 0 Å². The van der Waals surface area contributed by atoms with E-state index in [0.29, 0.717) is 5.41 Å². The Balaban J connectivity index is 2.27. The molecule has 0 aromatic carbocycles. The molecule has 2 atom stereocenters. The molecule has 12 heavy (non-hydrogen) atoms. The molecule has 0 aromatic heterocycles. The average Bonchev–Trinajstić information content (AvgIpc) is 2.34. The summed E-state index contributed by atoms with van der Waals surface area (Å²) in [6, 6.07) is 0. The highest BCUT2D eigenvalue weighted by molar-refractivity contribution is 4.85. The van der Waals surface area contributed by atoms with Gasteiger partial charge in [0.15, 0.2) is 0 Å². The van der Waals surface area contributed by atoms with Crippen molar-refractivity contribution in [2.24, 2.45) is 11.3 Å². The molecular weight excluding hydrogens is 144 g/mol. The van der Waals surface area contributed by atoms with Gasteiger partial charge in [-0.25, -0.2) is 0 Å². The second-order valence-electron chi connectivity index (χ2n) is 4.90. The normalized spacial score (nSPS) is 35.8. The third-order valence-electron chi connectivity index (χ3n) is 3.93. The predicted octanol–water partition coefficient (Wildman–Crippen LogP) is 4.39. The zero-order valence-electron chi connectivity index (χ0n) is 9.03. The predicted molar refractivity (Wildman–Crippen MR) is 55.3 cm³/mol. The summed E-state index contributed by atoms with van der Waals surface area (Å²) in [6.45, 7) is 7.24. The number of hydrogen-bond acceptors (Lipinski definition) is 0. The minimum absolute atomic E-state index is 0.704. The first kappa shape index (κ1) is 10.1. The van der Waals surface area contributed by atoms with E-state index in [2.05, 4.69) is 20.8 Å². The Morgan fingerprint density at radius 3 is 2.58 bits per heavy atom. The Morgan fingerprint density at radius 2 is 2.08 bits per heavy atom. The first-order valence-electron chi connectivity index (χ1n) is 5.69. The van der Waals surface area contributed by atoms with E-state index >= 15 is 0 Å². The van der Waals surface area contributed by atoms with Crippen molar-refractivity contribution in [3.8, 4) is 0 Å². The lowest BCUT2D eigenvalue weighted by Gasteiger charge is -2.29. The van der Waals surface area contributed by atoms with Crippen molar-refractivity contribution in [2.75, 3.05) is 0 Å². The molecule has 1 saturated carbocycles. The molecule has 1 fully saturated rings. The SMILES string of the molecule is CCCCCC1(C)CCCC1C. The Morgan fingerprint density at radius 1 is 1.33 bits per heavy atom. The summed E-state index contributed by atoms with van der Waals surface area (Å²) in [6.07, 6.45) is 10.2. The van der Waals surface area contributed by atoms with Crippen LogP contribution < -0.4 is 0 Å². The Kier molecular flexibility index (Phi) is 3.61. The van der Waals surface area contributed by atoms with E-state index in [0.717, 1.165) is 5.92 Å². The van der Waals surface area contributed by atoms with Gasteiger partial charge in [-0.1, -0.05) is 52.9 Å². The Bertz CT molecular complexity index is 128. The molecular formula is C12H24. The molecule has 0 aliphatic heterocycles. The smallest absolute Gasteiger partial charge is 0.0300 e. The molecule has 1 aliphatic rings. The van der Waals surface area contributed by atoms with Crippen LogP contribution in [0.25, 0.3) is 0 Å². The van der Waals surface area contributed by atoms with Crippen molar-refractivity contribution >= 4 is 0 Å². The van der Waals surface area contributed by atoms with E-state index in [9.17, 15) is 0 Å². The summed E-state index contributed by atoms with van der Waals surface area (Å²) in [5.41, 5.74) is 0.704. The summed E-state index contributed by atoms with van der Waals surface area (Å²) in [5.74, 6) is 0.981. The van der Waals surface area contributed by atoms with Gasteiger partial charge in [-0.05, 0) is 24.2 Å². The molecule has 0 N–H and O–H groups in total. The molecule has 1 rings (SSSR count). The van der Waals surface area contributed by atoms with Crippen LogP contribution in [0.5, 0.6) is 0 Å². The molecule has 0 amide bonds. The highest BCUT2D eigenvalue weighted by atomic mass is 14.4. The fourth-order valence-electron chi connectivity index (χ4n) is 2.56. The van der Waals surface area contributed by atoms with Gasteiger partial charge in [0.25, 0.3) is 0 Å². The van der Waals surface area contributed by atoms with Crippen LogP contribution in [0.3, 0.4) is 0 Å². The van der Waals surface area contributed by atoms with Crippen LogP contribution in [-0.4, -0.2) is 0 Å². The molecule has 0 bridgehead atoms. The third kappa shape index (κ3) is 2.24. The van der Waals surface area contributed by atoms with Gasteiger partial charge in [0.1, 0.15) is 0 Å². The molecule has 0 heteroatoms. The van der Waals surface area contributed by atoms with Gasteiger partial charge in [0.2, 0.25) is 0 Å². The van der Waals surface area contributed by atoms with Crippen LogP contribution in [-0.2, 0) is 0 Å². The maximum absolute atomic E-state index is 2.50. The maximum Gasteiger partial charge on any atom is -0.0300 e. The average molecular weight is 168 g/mol. The second-order valence-corrected chi connectivity index (χ2v) is 4.90. The van der Waals surface area contributed by atoms with Crippen molar-refractivity contribution in [3.63, 3.8) is 0 Å². The van der Waals surface area contributed by atoms with E-state index in [-0.39, 0.29) is 0 Å². The largest absolute Gasteiger partial charge is 0.0654 e. The lowest BCUT2D eigenvalue weighted by Crippen LogP contribution is -2.18. The first-order chi connectivity index (χ1) is 5.69. The van der Waals surface area contributed by atoms with Crippen LogP contribution in [0, 0.1) is 11.3 Å². The number of unbranched alkanes of at least 4 members (excludes halogenated alkanes) is 2. The molecule has 0 heterocycles. The van der Waals surface area contributed by atoms with Crippen molar-refractivity contribution in [2.45, 2.75) is 65.7 Å². The summed E-state index contributed by atoms with van der Waals surface area (Å²) < 4.78 is 0. The number of hydrogen-bond donors (Lipinski definition) is 0. The van der Waals surface area contributed by atoms with Crippen LogP contribution in [0.15, 0.2) is 0 Å². The van der Waals surface area contributed by atoms with Gasteiger partial charge < -0.3 is 0 Å². The molecule has 0 nitrogen and oxygen atoms in total. The zero-order valence-corrected chi connectivity index (χ0v) is 9.03. The minimum Gasteiger partial charge on any atom is -0.0654 e. The monoisotopic (exact) mass is 168 g/mol. The third-order valence-corrected chi connectivity index (χ3v) is 3.93. The van der Waals surface area contributed by atoms with Crippen LogP contribution >= 0.6 is 0 Å². The van der Waals surface area contributed by atoms with E-state index < -0.39 is 0 Å². The van der Waals surface area contributed by atoms with Gasteiger partial charge in [-0.3, -0.25) is 0 Å². The van der Waals surface area contributed by atoms with Crippen LogP contribution in [0.2, 0.25) is 0 Å². The summed E-state index contributed by atoms with van der Waals surface area (Å²) >= 11 is 0. The van der Waals surface area contributed by atoms with Gasteiger partial charge in [-0.2, -0.15) is 0 Å². The molecule has 1 aliphatic carbocycles. The van der Waals surface area contributed by atoms with Crippen molar-refractivity contribution in [1.29, 1.82) is 0 Å². The second kappa shape index (κ2) is 4.30. The highest BCUT2D eigenvalue weighted by Crippen LogP contribution is 2.46. The van der Waals surface area contributed by atoms with Crippen molar-refractivity contribution in [1.82, 2.24) is 0 Å². The molecule has 0 spiro atoms. The fourth-order valence-corrected chi connectivity index (χ4v) is 2.56. The molecule has 0 radical (unpaired) electrons. The topological polar surface area (TPSA) is 0 Å².